The molecule has 2 amide bonds. The van der Waals surface area contributed by atoms with Gasteiger partial charge in [-0.05, 0) is 0 Å². The number of hydrogen-bond acceptors (Lipinski definition) is 4. The van der Waals surface area contributed by atoms with E-state index in [2.05, 4.69) is 25.8 Å². The van der Waals surface area contributed by atoms with Crippen LogP contribution in [0.2, 0.25) is 0 Å². The van der Waals surface area contributed by atoms with Crippen molar-refractivity contribution in [2.75, 3.05) is 13.6 Å². The lowest BCUT2D eigenvalue weighted by molar-refractivity contribution is -0.120. The second-order valence-electron chi connectivity index (χ2n) is 4.94. The topological polar surface area (TPSA) is 99.8 Å². The molecule has 7 nitrogen and oxygen atoms in total. The van der Waals surface area contributed by atoms with Gasteiger partial charge in [0, 0.05) is 25.4 Å². The molecule has 0 unspecified atom stereocenters. The Balaban J connectivity index is 2.52. The number of carbonyl (C=O) groups excluding carboxylic acids is 2. The Morgan fingerprint density at radius 3 is 2.50 bits per heavy atom. The Kier molecular flexibility index (Phi) is 4.41. The smallest absolute Gasteiger partial charge is 0.290 e. The molecule has 7 heteroatoms. The van der Waals surface area contributed by atoms with Gasteiger partial charge in [0.25, 0.3) is 5.91 Å². The quantitative estimate of drug-likeness (QED) is 0.701. The molecule has 0 atom stereocenters. The number of rotatable bonds is 4. The molecule has 3 N–H and O–H groups in total. The first-order chi connectivity index (χ1) is 8.34. The summed E-state index contributed by atoms with van der Waals surface area (Å²) in [6.45, 7) is 6.18. The average molecular weight is 253 g/mol. The fourth-order valence-electron chi connectivity index (χ4n) is 1.19. The number of aromatic amines is 1. The Bertz CT molecular complexity index is 433. The van der Waals surface area contributed by atoms with Crippen LogP contribution in [0.3, 0.4) is 0 Å². The summed E-state index contributed by atoms with van der Waals surface area (Å²) in [4.78, 5) is 26.8. The molecule has 1 heterocycles. The van der Waals surface area contributed by atoms with Crippen LogP contribution in [0, 0.1) is 0 Å². The summed E-state index contributed by atoms with van der Waals surface area (Å²) in [6.07, 6.45) is 0.235. The molecular weight excluding hydrogens is 234 g/mol. The molecule has 0 saturated carbocycles. The van der Waals surface area contributed by atoms with Crippen molar-refractivity contribution in [3.05, 3.63) is 11.6 Å². The predicted molar refractivity (Wildman–Crippen MR) is 66.1 cm³/mol. The number of nitrogens with one attached hydrogen (secondary N) is 3. The predicted octanol–water partition coefficient (Wildman–Crippen LogP) is -0.0319. The van der Waals surface area contributed by atoms with Crippen molar-refractivity contribution in [3.8, 4) is 0 Å². The first-order valence-electron chi connectivity index (χ1n) is 5.76. The number of aromatic nitrogens is 3. The number of amides is 2. The van der Waals surface area contributed by atoms with Crippen LogP contribution in [-0.2, 0) is 10.2 Å². The summed E-state index contributed by atoms with van der Waals surface area (Å²) in [5.41, 5.74) is -0.187. The Hall–Kier alpha value is -1.92. The Labute approximate surface area is 106 Å². The molecule has 0 aromatic carbocycles. The highest BCUT2D eigenvalue weighted by atomic mass is 16.2. The van der Waals surface area contributed by atoms with Gasteiger partial charge in [-0.15, -0.1) is 5.10 Å². The van der Waals surface area contributed by atoms with E-state index in [9.17, 15) is 9.59 Å². The van der Waals surface area contributed by atoms with Crippen molar-refractivity contribution in [2.45, 2.75) is 32.6 Å². The first kappa shape index (κ1) is 14.1. The van der Waals surface area contributed by atoms with Crippen LogP contribution >= 0.6 is 0 Å². The van der Waals surface area contributed by atoms with E-state index in [0.29, 0.717) is 5.82 Å². The summed E-state index contributed by atoms with van der Waals surface area (Å²) in [6, 6.07) is 0. The van der Waals surface area contributed by atoms with Gasteiger partial charge in [0.2, 0.25) is 11.7 Å². The van der Waals surface area contributed by atoms with Crippen molar-refractivity contribution in [2.24, 2.45) is 0 Å². The largest absolute Gasteiger partial charge is 0.359 e. The van der Waals surface area contributed by atoms with Crippen LogP contribution in [0.25, 0.3) is 0 Å². The molecule has 18 heavy (non-hydrogen) atoms. The second-order valence-corrected chi connectivity index (χ2v) is 4.94. The normalized spacial score (nSPS) is 11.1. The molecule has 1 aromatic rings. The molecule has 0 aliphatic carbocycles. The lowest BCUT2D eigenvalue weighted by Crippen LogP contribution is -2.29. The zero-order valence-electron chi connectivity index (χ0n) is 11.1. The molecule has 0 spiro atoms. The van der Waals surface area contributed by atoms with Gasteiger partial charge in [0.05, 0.1) is 0 Å². The summed E-state index contributed by atoms with van der Waals surface area (Å²) in [7, 11) is 1.55. The summed E-state index contributed by atoms with van der Waals surface area (Å²) in [5.74, 6) is 0.238. The SMILES string of the molecule is CNC(=O)CCNC(=O)c1n[nH]c(C(C)(C)C)n1. The van der Waals surface area contributed by atoms with E-state index in [-0.39, 0.29) is 36.0 Å². The zero-order chi connectivity index (χ0) is 13.8. The van der Waals surface area contributed by atoms with Crippen LogP contribution in [0.1, 0.15) is 43.6 Å². The lowest BCUT2D eigenvalue weighted by Gasteiger charge is -2.12. The Morgan fingerprint density at radius 1 is 1.33 bits per heavy atom. The third kappa shape index (κ3) is 3.83. The monoisotopic (exact) mass is 253 g/mol. The van der Waals surface area contributed by atoms with Gasteiger partial charge in [-0.3, -0.25) is 14.7 Å². The standard InChI is InChI=1S/C11H19N5O2/c1-11(2,3)10-14-8(15-16-10)9(18)13-6-5-7(17)12-4/h5-6H2,1-4H3,(H,12,17)(H,13,18)(H,14,15,16). The third-order valence-corrected chi connectivity index (χ3v) is 2.32. The maximum atomic E-state index is 11.7. The molecule has 1 rings (SSSR count). The van der Waals surface area contributed by atoms with E-state index in [1.54, 1.807) is 7.05 Å². The van der Waals surface area contributed by atoms with Crippen LogP contribution in [0.15, 0.2) is 0 Å². The molecule has 100 valence electrons. The third-order valence-electron chi connectivity index (χ3n) is 2.32. The van der Waals surface area contributed by atoms with Crippen molar-refractivity contribution < 1.29 is 9.59 Å². The molecule has 1 aromatic heterocycles. The van der Waals surface area contributed by atoms with E-state index in [1.807, 2.05) is 20.8 Å². The molecule has 0 fully saturated rings. The highest BCUT2D eigenvalue weighted by Crippen LogP contribution is 2.17. The summed E-state index contributed by atoms with van der Waals surface area (Å²) < 4.78 is 0. The van der Waals surface area contributed by atoms with E-state index >= 15 is 0 Å². The van der Waals surface area contributed by atoms with E-state index in [4.69, 9.17) is 0 Å². The number of hydrogen-bond donors (Lipinski definition) is 3. The average Bonchev–Trinajstić information content (AvgIpc) is 2.77. The minimum atomic E-state index is -0.384. The van der Waals surface area contributed by atoms with Crippen LogP contribution < -0.4 is 10.6 Å². The van der Waals surface area contributed by atoms with Crippen molar-refractivity contribution in [1.82, 2.24) is 25.8 Å². The van der Waals surface area contributed by atoms with Crippen LogP contribution in [-0.4, -0.2) is 40.6 Å². The first-order valence-corrected chi connectivity index (χ1v) is 5.76. The van der Waals surface area contributed by atoms with Crippen molar-refractivity contribution in [1.29, 1.82) is 0 Å². The number of H-pyrrole nitrogens is 1. The fraction of sp³-hybridized carbons (Fsp3) is 0.636. The summed E-state index contributed by atoms with van der Waals surface area (Å²) in [5, 5.41) is 11.6. The fourth-order valence-corrected chi connectivity index (χ4v) is 1.19. The van der Waals surface area contributed by atoms with Gasteiger partial charge in [-0.1, -0.05) is 20.8 Å². The molecule has 0 aliphatic rings. The minimum Gasteiger partial charge on any atom is -0.359 e. The maximum Gasteiger partial charge on any atom is 0.290 e. The van der Waals surface area contributed by atoms with E-state index < -0.39 is 0 Å². The lowest BCUT2D eigenvalue weighted by atomic mass is 9.96. The maximum absolute atomic E-state index is 11.7. The van der Waals surface area contributed by atoms with Gasteiger partial charge < -0.3 is 10.6 Å². The van der Waals surface area contributed by atoms with Crippen LogP contribution in [0.5, 0.6) is 0 Å². The summed E-state index contributed by atoms with van der Waals surface area (Å²) >= 11 is 0. The molecule has 0 aliphatic heterocycles. The Morgan fingerprint density at radius 2 is 2.00 bits per heavy atom. The number of nitrogens with zero attached hydrogens (tertiary/aromatic N) is 2. The molecule has 0 saturated heterocycles. The zero-order valence-corrected chi connectivity index (χ0v) is 11.1. The van der Waals surface area contributed by atoms with Gasteiger partial charge in [0.15, 0.2) is 0 Å². The van der Waals surface area contributed by atoms with Gasteiger partial charge in [-0.2, -0.15) is 0 Å². The van der Waals surface area contributed by atoms with Gasteiger partial charge in [-0.25, -0.2) is 4.98 Å². The molecule has 0 radical (unpaired) electrons. The van der Waals surface area contributed by atoms with Crippen molar-refractivity contribution >= 4 is 11.8 Å². The van der Waals surface area contributed by atoms with E-state index in [0.717, 1.165) is 0 Å². The highest BCUT2D eigenvalue weighted by Gasteiger charge is 2.21. The number of carbonyl (C=O) groups is 2. The molecule has 0 bridgehead atoms. The van der Waals surface area contributed by atoms with Crippen LogP contribution in [0.4, 0.5) is 0 Å². The second kappa shape index (κ2) is 5.61. The minimum absolute atomic E-state index is 0.0943. The highest BCUT2D eigenvalue weighted by molar-refractivity contribution is 5.90. The van der Waals surface area contributed by atoms with Crippen molar-refractivity contribution in [3.63, 3.8) is 0 Å². The molecular formula is C11H19N5O2. The van der Waals surface area contributed by atoms with Gasteiger partial charge in [0.1, 0.15) is 5.82 Å². The van der Waals surface area contributed by atoms with Gasteiger partial charge >= 0.3 is 0 Å². The van der Waals surface area contributed by atoms with E-state index in [1.165, 1.54) is 0 Å².